The summed E-state index contributed by atoms with van der Waals surface area (Å²) in [5.41, 5.74) is 7.19. The SMILES string of the molecule is Cc1ccc(N(C(=O)c2cc(-c3cc4c(cc3C(=O)N3Cc5ccccc5C[C@H]3C)OCO4)n3ccccc23)c2ccc(O)cc2)cn1. The number of hydrogen-bond donors (Lipinski definition) is 1. The van der Waals surface area contributed by atoms with Gasteiger partial charge in [0.1, 0.15) is 5.75 Å². The van der Waals surface area contributed by atoms with E-state index in [0.29, 0.717) is 57.3 Å². The molecule has 0 aliphatic carbocycles. The summed E-state index contributed by atoms with van der Waals surface area (Å²) in [7, 11) is 0. The van der Waals surface area contributed by atoms with E-state index in [4.69, 9.17) is 9.47 Å². The average Bonchev–Trinajstić information content (AvgIpc) is 3.73. The molecule has 2 amide bonds. The summed E-state index contributed by atoms with van der Waals surface area (Å²) in [5, 5.41) is 10.00. The van der Waals surface area contributed by atoms with Crippen LogP contribution in [0.1, 0.15) is 44.5 Å². The molecule has 8 rings (SSSR count). The Morgan fingerprint density at radius 3 is 2.35 bits per heavy atom. The van der Waals surface area contributed by atoms with Crippen LogP contribution in [0.25, 0.3) is 16.8 Å². The number of phenolic OH excluding ortho intramolecular Hbond substituents is 1. The Balaban J connectivity index is 1.27. The van der Waals surface area contributed by atoms with Crippen LogP contribution in [0.4, 0.5) is 11.4 Å². The second kappa shape index (κ2) is 11.6. The van der Waals surface area contributed by atoms with Crippen LogP contribution in [0, 0.1) is 6.92 Å². The van der Waals surface area contributed by atoms with Crippen molar-refractivity contribution in [1.82, 2.24) is 14.3 Å². The largest absolute Gasteiger partial charge is 0.508 e. The number of aromatic nitrogens is 2. The zero-order valence-electron chi connectivity index (χ0n) is 26.5. The van der Waals surface area contributed by atoms with E-state index in [1.807, 2.05) is 77.0 Å². The molecule has 0 saturated carbocycles. The minimum absolute atomic E-state index is 0.0196. The van der Waals surface area contributed by atoms with Crippen LogP contribution >= 0.6 is 0 Å². The summed E-state index contributed by atoms with van der Waals surface area (Å²) in [5.74, 6) is 0.719. The third-order valence-electron chi connectivity index (χ3n) is 9.16. The topological polar surface area (TPSA) is 96.6 Å². The van der Waals surface area contributed by atoms with Crippen molar-refractivity contribution in [2.24, 2.45) is 0 Å². The molecule has 2 aliphatic heterocycles. The number of carbonyl (C=O) groups excluding carboxylic acids is 2. The second-order valence-electron chi connectivity index (χ2n) is 12.2. The van der Waals surface area contributed by atoms with Crippen molar-refractivity contribution in [3.8, 4) is 28.5 Å². The van der Waals surface area contributed by atoms with E-state index in [9.17, 15) is 14.7 Å². The summed E-state index contributed by atoms with van der Waals surface area (Å²) in [6.45, 7) is 4.51. The van der Waals surface area contributed by atoms with Crippen LogP contribution in [0.2, 0.25) is 0 Å². The molecule has 9 heteroatoms. The lowest BCUT2D eigenvalue weighted by Gasteiger charge is -2.35. The van der Waals surface area contributed by atoms with Crippen molar-refractivity contribution >= 4 is 28.7 Å². The van der Waals surface area contributed by atoms with Crippen molar-refractivity contribution in [3.63, 3.8) is 0 Å². The van der Waals surface area contributed by atoms with Crippen molar-refractivity contribution < 1.29 is 24.2 Å². The summed E-state index contributed by atoms with van der Waals surface area (Å²) >= 11 is 0. The van der Waals surface area contributed by atoms with E-state index in [0.717, 1.165) is 17.7 Å². The number of nitrogens with zero attached hydrogens (tertiary/aromatic N) is 4. The molecule has 0 radical (unpaired) electrons. The molecule has 1 atom stereocenters. The summed E-state index contributed by atoms with van der Waals surface area (Å²) in [6, 6.07) is 29.5. The van der Waals surface area contributed by atoms with E-state index >= 15 is 0 Å². The van der Waals surface area contributed by atoms with Gasteiger partial charge in [0.15, 0.2) is 11.5 Å². The molecule has 0 spiro atoms. The van der Waals surface area contributed by atoms with E-state index in [1.54, 1.807) is 41.4 Å². The van der Waals surface area contributed by atoms with Crippen molar-refractivity contribution in [1.29, 1.82) is 0 Å². The first kappa shape index (κ1) is 29.3. The molecule has 6 aromatic rings. The molecular formula is C39H32N4O5. The molecule has 0 bridgehead atoms. The van der Waals surface area contributed by atoms with Gasteiger partial charge in [-0.05, 0) is 98.1 Å². The van der Waals surface area contributed by atoms with E-state index in [-0.39, 0.29) is 30.4 Å². The van der Waals surface area contributed by atoms with Crippen LogP contribution in [-0.2, 0) is 13.0 Å². The van der Waals surface area contributed by atoms with Crippen molar-refractivity contribution in [2.75, 3.05) is 11.7 Å². The highest BCUT2D eigenvalue weighted by Gasteiger charge is 2.32. The minimum atomic E-state index is -0.295. The standard InChI is InChI=1S/C39H32N4O5/c1-24-10-11-29(21-40-24)43(28-12-14-30(44)15-13-28)39(46)33-18-35(41-16-6-5-9-34(33)41)31-19-36-37(48-23-47-36)20-32(31)38(45)42-22-27-8-4-3-7-26(27)17-25(42)2/h3-16,18-21,25,44H,17,22-23H2,1-2H3/t25-/m1/s1. The molecule has 1 N–H and O–H groups in total. The molecule has 3 aromatic heterocycles. The van der Waals surface area contributed by atoms with Gasteiger partial charge in [-0.1, -0.05) is 30.3 Å². The molecule has 3 aromatic carbocycles. The van der Waals surface area contributed by atoms with E-state index < -0.39 is 0 Å². The Hall–Kier alpha value is -6.09. The fraction of sp³-hybridized carbons (Fsp3) is 0.154. The summed E-state index contributed by atoms with van der Waals surface area (Å²) in [4.78, 5) is 37.2. The van der Waals surface area contributed by atoms with Crippen molar-refractivity contribution in [2.45, 2.75) is 32.9 Å². The van der Waals surface area contributed by atoms with E-state index in [2.05, 4.69) is 24.0 Å². The monoisotopic (exact) mass is 636 g/mol. The summed E-state index contributed by atoms with van der Waals surface area (Å²) < 4.78 is 13.5. The van der Waals surface area contributed by atoms with Crippen LogP contribution in [-0.4, -0.2) is 44.0 Å². The van der Waals surface area contributed by atoms with Gasteiger partial charge in [0.2, 0.25) is 6.79 Å². The quantitative estimate of drug-likeness (QED) is 0.213. The predicted molar refractivity (Wildman–Crippen MR) is 182 cm³/mol. The zero-order valence-corrected chi connectivity index (χ0v) is 26.5. The molecule has 0 unspecified atom stereocenters. The fourth-order valence-corrected chi connectivity index (χ4v) is 6.67. The Kier molecular flexibility index (Phi) is 7.09. The van der Waals surface area contributed by atoms with Crippen LogP contribution in [0.3, 0.4) is 0 Å². The number of rotatable bonds is 5. The molecule has 5 heterocycles. The van der Waals surface area contributed by atoms with E-state index in [1.165, 1.54) is 5.56 Å². The molecule has 0 saturated heterocycles. The molecule has 48 heavy (non-hydrogen) atoms. The summed E-state index contributed by atoms with van der Waals surface area (Å²) in [6.07, 6.45) is 4.31. The molecule has 238 valence electrons. The number of amides is 2. The third-order valence-corrected chi connectivity index (χ3v) is 9.16. The van der Waals surface area contributed by atoms with Gasteiger partial charge in [0, 0.05) is 35.7 Å². The Bertz CT molecular complexity index is 2160. The second-order valence-corrected chi connectivity index (χ2v) is 12.2. The number of pyridine rings is 2. The lowest BCUT2D eigenvalue weighted by molar-refractivity contribution is 0.0658. The Labute approximate surface area is 277 Å². The maximum absolute atomic E-state index is 14.7. The van der Waals surface area contributed by atoms with Gasteiger partial charge in [-0.3, -0.25) is 19.5 Å². The number of benzene rings is 3. The molecular weight excluding hydrogens is 604 g/mol. The Morgan fingerprint density at radius 1 is 0.854 bits per heavy atom. The lowest BCUT2D eigenvalue weighted by Crippen LogP contribution is -2.42. The van der Waals surface area contributed by atoms with Gasteiger partial charge in [-0.15, -0.1) is 0 Å². The van der Waals surface area contributed by atoms with Gasteiger partial charge in [-0.2, -0.15) is 0 Å². The highest BCUT2D eigenvalue weighted by atomic mass is 16.7. The number of fused-ring (bicyclic) bond motifs is 3. The smallest absolute Gasteiger partial charge is 0.265 e. The third kappa shape index (κ3) is 5.00. The number of hydrogen-bond acceptors (Lipinski definition) is 6. The maximum atomic E-state index is 14.7. The van der Waals surface area contributed by atoms with Gasteiger partial charge >= 0.3 is 0 Å². The van der Waals surface area contributed by atoms with Gasteiger partial charge in [-0.25, -0.2) is 0 Å². The number of anilines is 2. The molecule has 2 aliphatic rings. The first-order valence-corrected chi connectivity index (χ1v) is 15.8. The first-order chi connectivity index (χ1) is 23.4. The lowest BCUT2D eigenvalue weighted by atomic mass is 9.93. The number of aryl methyl sites for hydroxylation is 1. The van der Waals surface area contributed by atoms with Crippen molar-refractivity contribution in [3.05, 3.63) is 137 Å². The highest BCUT2D eigenvalue weighted by Crippen LogP contribution is 2.42. The van der Waals surface area contributed by atoms with Gasteiger partial charge in [0.25, 0.3) is 11.8 Å². The number of aromatic hydroxyl groups is 1. The zero-order chi connectivity index (χ0) is 32.9. The van der Waals surface area contributed by atoms with Gasteiger partial charge in [0.05, 0.1) is 34.2 Å². The number of phenols is 1. The minimum Gasteiger partial charge on any atom is -0.508 e. The highest BCUT2D eigenvalue weighted by molar-refractivity contribution is 6.15. The average molecular weight is 637 g/mol. The predicted octanol–water partition coefficient (Wildman–Crippen LogP) is 7.31. The fourth-order valence-electron chi connectivity index (χ4n) is 6.67. The Morgan fingerprint density at radius 2 is 1.58 bits per heavy atom. The first-order valence-electron chi connectivity index (χ1n) is 15.8. The van der Waals surface area contributed by atoms with Crippen LogP contribution in [0.5, 0.6) is 17.2 Å². The molecule has 0 fully saturated rings. The number of ether oxygens (including phenoxy) is 2. The number of carbonyl (C=O) groups is 2. The molecule has 9 nitrogen and oxygen atoms in total. The maximum Gasteiger partial charge on any atom is 0.265 e. The van der Waals surface area contributed by atoms with Gasteiger partial charge < -0.3 is 23.9 Å². The van der Waals surface area contributed by atoms with Crippen LogP contribution in [0.15, 0.2) is 109 Å². The van der Waals surface area contributed by atoms with Crippen LogP contribution < -0.4 is 14.4 Å². The normalized spacial score (nSPS) is 15.0.